The molecule has 4 heteroatoms. The fraction of sp³-hybridized carbons (Fsp3) is 0.943. The maximum Gasteiger partial charge on any atom is 0.220 e. The molecule has 2 unspecified atom stereocenters. The third-order valence-electron chi connectivity index (χ3n) is 12.5. The standard InChI is InChI=1S/C53H105NO3/c1-3-5-7-9-11-13-14-15-16-17-18-19-20-21-22-23-24-25-26-27-28-29-30-31-32-33-34-35-36-37-38-39-40-41-43-45-47-49-53(57)54-51(50-55)52(56)48-46-44-42-12-10-8-6-4-2/h46,48,51-52,55-56H,3-45,47,49-50H2,1-2H3,(H,54,57)/b48-46+. The molecule has 3 N–H and O–H groups in total. The van der Waals surface area contributed by atoms with Crippen LogP contribution in [0.3, 0.4) is 0 Å². The molecule has 0 aliphatic heterocycles. The summed E-state index contributed by atoms with van der Waals surface area (Å²) in [5.74, 6) is -0.0614. The summed E-state index contributed by atoms with van der Waals surface area (Å²) < 4.78 is 0. The van der Waals surface area contributed by atoms with Gasteiger partial charge in [0.15, 0.2) is 0 Å². The van der Waals surface area contributed by atoms with E-state index < -0.39 is 12.1 Å². The highest BCUT2D eigenvalue weighted by atomic mass is 16.3. The van der Waals surface area contributed by atoms with Crippen LogP contribution in [0, 0.1) is 0 Å². The molecule has 0 aliphatic rings. The predicted octanol–water partition coefficient (Wildman–Crippen LogP) is 17.0. The fourth-order valence-electron chi connectivity index (χ4n) is 8.48. The lowest BCUT2D eigenvalue weighted by molar-refractivity contribution is -0.123. The maximum atomic E-state index is 12.3. The topological polar surface area (TPSA) is 69.6 Å². The highest BCUT2D eigenvalue weighted by Gasteiger charge is 2.18. The molecule has 0 aromatic heterocycles. The Morgan fingerprint density at radius 3 is 0.912 bits per heavy atom. The summed E-state index contributed by atoms with van der Waals surface area (Å²) in [7, 11) is 0. The molecule has 1 amide bonds. The molecule has 2 atom stereocenters. The minimum absolute atomic E-state index is 0.0614. The number of unbranched alkanes of at least 4 members (excludes halogenated alkanes) is 42. The molecule has 4 nitrogen and oxygen atoms in total. The highest BCUT2D eigenvalue weighted by molar-refractivity contribution is 5.76. The van der Waals surface area contributed by atoms with Crippen LogP contribution in [0.5, 0.6) is 0 Å². The second-order valence-electron chi connectivity index (χ2n) is 18.3. The number of aliphatic hydroxyl groups is 2. The van der Waals surface area contributed by atoms with Crippen molar-refractivity contribution >= 4 is 5.91 Å². The van der Waals surface area contributed by atoms with Crippen LogP contribution >= 0.6 is 0 Å². The number of aliphatic hydroxyl groups excluding tert-OH is 2. The minimum Gasteiger partial charge on any atom is -0.394 e. The molecule has 0 radical (unpaired) electrons. The van der Waals surface area contributed by atoms with E-state index in [-0.39, 0.29) is 12.5 Å². The van der Waals surface area contributed by atoms with Crippen LogP contribution in [-0.4, -0.2) is 34.9 Å². The van der Waals surface area contributed by atoms with Crippen LogP contribution in [0.4, 0.5) is 0 Å². The molecular weight excluding hydrogens is 699 g/mol. The summed E-state index contributed by atoms with van der Waals surface area (Å²) in [6.45, 7) is 4.29. The van der Waals surface area contributed by atoms with Crippen LogP contribution in [0.25, 0.3) is 0 Å². The van der Waals surface area contributed by atoms with Gasteiger partial charge in [0.25, 0.3) is 0 Å². The van der Waals surface area contributed by atoms with E-state index in [2.05, 4.69) is 19.2 Å². The highest BCUT2D eigenvalue weighted by Crippen LogP contribution is 2.18. The van der Waals surface area contributed by atoms with Crippen LogP contribution in [0.15, 0.2) is 12.2 Å². The zero-order chi connectivity index (χ0) is 41.4. The normalized spacial score (nSPS) is 12.8. The molecular formula is C53H105NO3. The van der Waals surface area contributed by atoms with Gasteiger partial charge in [-0.1, -0.05) is 289 Å². The number of hydrogen-bond donors (Lipinski definition) is 3. The summed E-state index contributed by atoms with van der Waals surface area (Å²) >= 11 is 0. The van der Waals surface area contributed by atoms with Crippen LogP contribution in [0.1, 0.15) is 303 Å². The van der Waals surface area contributed by atoms with Crippen molar-refractivity contribution in [1.82, 2.24) is 5.32 Å². The van der Waals surface area contributed by atoms with E-state index in [1.54, 1.807) is 6.08 Å². The Kier molecular flexibility index (Phi) is 48.7. The third-order valence-corrected chi connectivity index (χ3v) is 12.5. The zero-order valence-electron chi connectivity index (χ0n) is 39.1. The summed E-state index contributed by atoms with van der Waals surface area (Å²) in [4.78, 5) is 12.3. The van der Waals surface area contributed by atoms with E-state index in [9.17, 15) is 15.0 Å². The lowest BCUT2D eigenvalue weighted by atomic mass is 10.0. The van der Waals surface area contributed by atoms with Crippen molar-refractivity contribution in [3.8, 4) is 0 Å². The Morgan fingerprint density at radius 2 is 0.649 bits per heavy atom. The van der Waals surface area contributed by atoms with Crippen molar-refractivity contribution in [1.29, 1.82) is 0 Å². The summed E-state index contributed by atoms with van der Waals surface area (Å²) in [6.07, 6.45) is 64.0. The first-order chi connectivity index (χ1) is 28.2. The van der Waals surface area contributed by atoms with Crippen LogP contribution in [-0.2, 0) is 4.79 Å². The van der Waals surface area contributed by atoms with E-state index in [0.717, 1.165) is 25.7 Å². The lowest BCUT2D eigenvalue weighted by Gasteiger charge is -2.20. The Bertz CT molecular complexity index is 784. The quantitative estimate of drug-likeness (QED) is 0.0424. The van der Waals surface area contributed by atoms with Gasteiger partial charge < -0.3 is 15.5 Å². The molecule has 0 saturated heterocycles. The summed E-state index contributed by atoms with van der Waals surface area (Å²) in [5.41, 5.74) is 0. The molecule has 0 heterocycles. The van der Waals surface area contributed by atoms with Gasteiger partial charge in [-0.05, 0) is 19.3 Å². The van der Waals surface area contributed by atoms with E-state index in [0.29, 0.717) is 6.42 Å². The molecule has 0 aromatic rings. The van der Waals surface area contributed by atoms with Crippen LogP contribution in [0.2, 0.25) is 0 Å². The molecule has 0 spiro atoms. The van der Waals surface area contributed by atoms with Gasteiger partial charge in [-0.25, -0.2) is 0 Å². The number of hydrogen-bond acceptors (Lipinski definition) is 3. The third kappa shape index (κ3) is 46.1. The SMILES string of the molecule is CCCCCCCC/C=C/C(O)C(CO)NC(=O)CCCCCCCCCCCCCCCCCCCCCCCCCCCCCCCCCCCCCCC. The fourth-order valence-corrected chi connectivity index (χ4v) is 8.48. The lowest BCUT2D eigenvalue weighted by Crippen LogP contribution is -2.45. The Hall–Kier alpha value is -0.870. The average molecular weight is 804 g/mol. The van der Waals surface area contributed by atoms with Gasteiger partial charge in [0.05, 0.1) is 18.8 Å². The van der Waals surface area contributed by atoms with Gasteiger partial charge in [-0.15, -0.1) is 0 Å². The molecule has 0 bridgehead atoms. The Labute approximate surface area is 358 Å². The van der Waals surface area contributed by atoms with Crippen molar-refractivity contribution < 1.29 is 15.0 Å². The van der Waals surface area contributed by atoms with Crippen molar-refractivity contribution in [2.75, 3.05) is 6.61 Å². The first-order valence-electron chi connectivity index (χ1n) is 26.4. The van der Waals surface area contributed by atoms with E-state index in [1.807, 2.05) is 6.08 Å². The monoisotopic (exact) mass is 804 g/mol. The van der Waals surface area contributed by atoms with Crippen molar-refractivity contribution in [2.45, 2.75) is 315 Å². The van der Waals surface area contributed by atoms with E-state index in [1.165, 1.54) is 257 Å². The maximum absolute atomic E-state index is 12.3. The van der Waals surface area contributed by atoms with Gasteiger partial charge in [0.1, 0.15) is 0 Å². The summed E-state index contributed by atoms with van der Waals surface area (Å²) in [6, 6.07) is -0.615. The number of nitrogens with one attached hydrogen (secondary N) is 1. The van der Waals surface area contributed by atoms with Gasteiger partial charge in [-0.2, -0.15) is 0 Å². The van der Waals surface area contributed by atoms with Crippen molar-refractivity contribution in [2.24, 2.45) is 0 Å². The van der Waals surface area contributed by atoms with Gasteiger partial charge in [0, 0.05) is 6.42 Å². The second kappa shape index (κ2) is 49.5. The molecule has 340 valence electrons. The van der Waals surface area contributed by atoms with Gasteiger partial charge >= 0.3 is 0 Å². The number of allylic oxidation sites excluding steroid dienone is 1. The Balaban J connectivity index is 3.30. The molecule has 57 heavy (non-hydrogen) atoms. The van der Waals surface area contributed by atoms with E-state index >= 15 is 0 Å². The number of rotatable bonds is 49. The summed E-state index contributed by atoms with van der Waals surface area (Å²) in [5, 5.41) is 22.9. The Morgan fingerprint density at radius 1 is 0.404 bits per heavy atom. The first-order valence-corrected chi connectivity index (χ1v) is 26.4. The molecule has 0 saturated carbocycles. The largest absolute Gasteiger partial charge is 0.394 e. The van der Waals surface area contributed by atoms with Crippen molar-refractivity contribution in [3.63, 3.8) is 0 Å². The number of carbonyl (C=O) groups excluding carboxylic acids is 1. The smallest absolute Gasteiger partial charge is 0.220 e. The molecule has 0 aliphatic carbocycles. The second-order valence-corrected chi connectivity index (χ2v) is 18.3. The van der Waals surface area contributed by atoms with E-state index in [4.69, 9.17) is 0 Å². The average Bonchev–Trinajstić information content (AvgIpc) is 3.22. The molecule has 0 rings (SSSR count). The number of amides is 1. The predicted molar refractivity (Wildman–Crippen MR) is 253 cm³/mol. The van der Waals surface area contributed by atoms with Crippen LogP contribution < -0.4 is 5.32 Å². The number of carbonyl (C=O) groups is 1. The zero-order valence-corrected chi connectivity index (χ0v) is 39.1. The van der Waals surface area contributed by atoms with Crippen molar-refractivity contribution in [3.05, 3.63) is 12.2 Å². The minimum atomic E-state index is -0.832. The first kappa shape index (κ1) is 56.1. The van der Waals surface area contributed by atoms with Gasteiger partial charge in [0.2, 0.25) is 5.91 Å². The molecule has 0 fully saturated rings. The van der Waals surface area contributed by atoms with Gasteiger partial charge in [-0.3, -0.25) is 4.79 Å². The molecule has 0 aromatic carbocycles.